The van der Waals surface area contributed by atoms with Gasteiger partial charge in [0, 0.05) is 24.5 Å². The van der Waals surface area contributed by atoms with Crippen molar-refractivity contribution in [3.05, 3.63) is 29.8 Å². The maximum atomic E-state index is 12.4. The monoisotopic (exact) mass is 363 g/mol. The number of para-hydroxylation sites is 1. The Bertz CT molecular complexity index is 720. The molecule has 0 aromatic heterocycles. The Kier molecular flexibility index (Phi) is 4.03. The number of carbonyl (C=O) groups is 1. The summed E-state index contributed by atoms with van der Waals surface area (Å²) in [4.78, 5) is 14.2. The van der Waals surface area contributed by atoms with Crippen LogP contribution in [-0.2, 0) is 21.0 Å². The van der Waals surface area contributed by atoms with Crippen LogP contribution < -0.4 is 9.62 Å². The highest BCUT2D eigenvalue weighted by molar-refractivity contribution is 7.98. The Morgan fingerprint density at radius 2 is 1.92 bits per heavy atom. The number of hydrogen-bond donors (Lipinski definition) is 1. The Balaban J connectivity index is 1.47. The molecule has 0 bridgehead atoms. The van der Waals surface area contributed by atoms with Gasteiger partial charge in [-0.2, -0.15) is 4.31 Å². The highest BCUT2D eigenvalue weighted by Crippen LogP contribution is 2.44. The lowest BCUT2D eigenvalue weighted by molar-refractivity contribution is 0.0353. The van der Waals surface area contributed by atoms with Crippen LogP contribution in [-0.4, -0.2) is 47.4 Å². The minimum Gasteiger partial charge on any atom is -0.593 e. The van der Waals surface area contributed by atoms with Crippen LogP contribution in [0.2, 0.25) is 0 Å². The number of hydrogen-bond acceptors (Lipinski definition) is 3. The van der Waals surface area contributed by atoms with Crippen LogP contribution in [0.5, 0.6) is 0 Å². The fourth-order valence-corrected chi connectivity index (χ4v) is 5.55. The quantitative estimate of drug-likeness (QED) is 0.818. The van der Waals surface area contributed by atoms with Gasteiger partial charge in [-0.05, 0) is 30.9 Å². The molecule has 1 aromatic carbocycles. The van der Waals surface area contributed by atoms with Crippen LogP contribution >= 0.6 is 0 Å². The van der Waals surface area contributed by atoms with Crippen molar-refractivity contribution in [3.8, 4) is 0 Å². The highest BCUT2D eigenvalue weighted by atomic mass is 32.3. The molecule has 1 aromatic rings. The summed E-state index contributed by atoms with van der Waals surface area (Å²) in [6, 6.07) is 7.99. The number of rotatable bonds is 2. The molecule has 1 N–H and O–H groups in total. The van der Waals surface area contributed by atoms with Gasteiger partial charge in [0.2, 0.25) is 0 Å². The molecule has 2 aliphatic heterocycles. The molecule has 2 heterocycles. The molecule has 1 saturated carbocycles. The summed E-state index contributed by atoms with van der Waals surface area (Å²) < 4.78 is 26.0. The molecule has 2 amide bonds. The SMILES string of the molecule is C[S+](=O)([O-])N1CC2(Cc3ccccc31)CN(C(=O)NC1CCCC1)C2. The second-order valence-electron chi connectivity index (χ2n) is 7.86. The number of benzene rings is 1. The average molecular weight is 363 g/mol. The third kappa shape index (κ3) is 3.15. The number of anilines is 1. The van der Waals surface area contributed by atoms with Gasteiger partial charge in [-0.15, -0.1) is 0 Å². The van der Waals surface area contributed by atoms with Crippen molar-refractivity contribution >= 4 is 22.1 Å². The number of fused-ring (bicyclic) bond motifs is 1. The predicted molar refractivity (Wildman–Crippen MR) is 97.0 cm³/mol. The fourth-order valence-electron chi connectivity index (χ4n) is 4.50. The van der Waals surface area contributed by atoms with Crippen molar-refractivity contribution < 1.29 is 13.6 Å². The van der Waals surface area contributed by atoms with Gasteiger partial charge in [0.05, 0.1) is 12.2 Å². The van der Waals surface area contributed by atoms with E-state index in [4.69, 9.17) is 0 Å². The lowest BCUT2D eigenvalue weighted by Gasteiger charge is -2.54. The molecule has 1 unspecified atom stereocenters. The molecule has 4 rings (SSSR count). The van der Waals surface area contributed by atoms with E-state index < -0.39 is 10.4 Å². The molecule has 2 fully saturated rings. The zero-order valence-electron chi connectivity index (χ0n) is 14.6. The number of urea groups is 1. The second-order valence-corrected chi connectivity index (χ2v) is 9.77. The third-order valence-electron chi connectivity index (χ3n) is 5.73. The topological polar surface area (TPSA) is 75.7 Å². The van der Waals surface area contributed by atoms with E-state index in [1.54, 1.807) is 0 Å². The number of carbonyl (C=O) groups excluding carboxylic acids is 1. The molecule has 1 saturated heterocycles. The van der Waals surface area contributed by atoms with E-state index in [9.17, 15) is 13.6 Å². The summed E-state index contributed by atoms with van der Waals surface area (Å²) in [5.41, 5.74) is 1.67. The number of amides is 2. The summed E-state index contributed by atoms with van der Waals surface area (Å²) in [6.45, 7) is 1.69. The Morgan fingerprint density at radius 1 is 1.24 bits per heavy atom. The van der Waals surface area contributed by atoms with Gasteiger partial charge in [-0.3, -0.25) is 0 Å². The minimum absolute atomic E-state index is 0.00212. The predicted octanol–water partition coefficient (Wildman–Crippen LogP) is 2.18. The maximum absolute atomic E-state index is 12.4. The van der Waals surface area contributed by atoms with Crippen LogP contribution in [0, 0.1) is 5.41 Å². The molecule has 1 aliphatic carbocycles. The lowest BCUT2D eigenvalue weighted by Crippen LogP contribution is -2.67. The number of nitrogens with zero attached hydrogens (tertiary/aromatic N) is 2. The molecule has 0 radical (unpaired) electrons. The van der Waals surface area contributed by atoms with Gasteiger partial charge >= 0.3 is 6.03 Å². The summed E-state index contributed by atoms with van der Waals surface area (Å²) in [7, 11) is -3.33. The van der Waals surface area contributed by atoms with Gasteiger partial charge in [-0.1, -0.05) is 35.2 Å². The molecule has 7 heteroatoms. The van der Waals surface area contributed by atoms with Crippen molar-refractivity contribution in [2.75, 3.05) is 30.2 Å². The summed E-state index contributed by atoms with van der Waals surface area (Å²) in [6.07, 6.45) is 6.60. The largest absolute Gasteiger partial charge is 0.593 e. The maximum Gasteiger partial charge on any atom is 0.317 e. The van der Waals surface area contributed by atoms with Crippen molar-refractivity contribution in [2.45, 2.75) is 38.1 Å². The molecule has 1 atom stereocenters. The first-order valence-corrected chi connectivity index (χ1v) is 10.8. The molecular formula is C18H25N3O3S. The highest BCUT2D eigenvalue weighted by Gasteiger charge is 2.51. The molecule has 1 spiro atoms. The summed E-state index contributed by atoms with van der Waals surface area (Å²) in [5.74, 6) is 0. The smallest absolute Gasteiger partial charge is 0.317 e. The Labute approximate surface area is 150 Å². The van der Waals surface area contributed by atoms with Crippen LogP contribution in [0.1, 0.15) is 31.2 Å². The number of sulfonamides is 1. The number of likely N-dealkylation sites (tertiary alicyclic amines) is 1. The zero-order chi connectivity index (χ0) is 17.7. The molecule has 136 valence electrons. The minimum atomic E-state index is -3.33. The van der Waals surface area contributed by atoms with E-state index in [1.807, 2.05) is 29.2 Å². The van der Waals surface area contributed by atoms with Crippen LogP contribution in [0.3, 0.4) is 0 Å². The summed E-state index contributed by atoms with van der Waals surface area (Å²) in [5, 5.41) is 3.12. The van der Waals surface area contributed by atoms with Gasteiger partial charge in [0.1, 0.15) is 16.7 Å². The molecule has 3 aliphatic rings. The van der Waals surface area contributed by atoms with E-state index in [1.165, 1.54) is 23.4 Å². The van der Waals surface area contributed by atoms with Crippen LogP contribution in [0.25, 0.3) is 0 Å². The molecule has 6 nitrogen and oxygen atoms in total. The van der Waals surface area contributed by atoms with Gasteiger partial charge in [-0.25, -0.2) is 4.79 Å². The van der Waals surface area contributed by atoms with E-state index in [-0.39, 0.29) is 11.4 Å². The first-order valence-electron chi connectivity index (χ1n) is 8.97. The van der Waals surface area contributed by atoms with Crippen molar-refractivity contribution in [3.63, 3.8) is 0 Å². The van der Waals surface area contributed by atoms with Crippen molar-refractivity contribution in [1.29, 1.82) is 0 Å². The van der Waals surface area contributed by atoms with Crippen LogP contribution in [0.4, 0.5) is 10.5 Å². The van der Waals surface area contributed by atoms with Crippen LogP contribution in [0.15, 0.2) is 24.3 Å². The van der Waals surface area contributed by atoms with Gasteiger partial charge in [0.15, 0.2) is 0 Å². The standard InChI is InChI=1S/C18H25N3O3S/c1-25(23,24)21-13-18(10-14-6-2-5-9-16(14)21)11-20(12-18)17(22)19-15-7-3-4-8-15/h2,5-6,9,15H,3-4,7-8,10-13H2,1H3,(H-,19,22,23,24). The molecule has 25 heavy (non-hydrogen) atoms. The lowest BCUT2D eigenvalue weighted by atomic mass is 9.72. The Morgan fingerprint density at radius 3 is 2.60 bits per heavy atom. The van der Waals surface area contributed by atoms with Crippen molar-refractivity contribution in [2.24, 2.45) is 5.41 Å². The van der Waals surface area contributed by atoms with Crippen molar-refractivity contribution in [1.82, 2.24) is 10.2 Å². The first kappa shape index (κ1) is 16.8. The summed E-state index contributed by atoms with van der Waals surface area (Å²) >= 11 is 0. The third-order valence-corrected chi connectivity index (χ3v) is 6.85. The number of nitrogens with one attached hydrogen (secondary N) is 1. The van der Waals surface area contributed by atoms with E-state index in [0.717, 1.165) is 30.5 Å². The second kappa shape index (κ2) is 5.99. The van der Waals surface area contributed by atoms with Gasteiger partial charge < -0.3 is 14.8 Å². The fraction of sp³-hybridized carbons (Fsp3) is 0.611. The van der Waals surface area contributed by atoms with Gasteiger partial charge in [0.25, 0.3) is 0 Å². The van der Waals surface area contributed by atoms with E-state index in [0.29, 0.717) is 25.7 Å². The van der Waals surface area contributed by atoms with E-state index in [2.05, 4.69) is 5.32 Å². The van der Waals surface area contributed by atoms with E-state index >= 15 is 0 Å². The first-order chi connectivity index (χ1) is 11.9. The normalized spacial score (nSPS) is 24.6. The average Bonchev–Trinajstić information content (AvgIpc) is 3.03. The Hall–Kier alpha value is -1.60. The molecular weight excluding hydrogens is 338 g/mol. The zero-order valence-corrected chi connectivity index (χ0v) is 15.4.